The zero-order chi connectivity index (χ0) is 11.4. The number of pyridine rings is 1. The summed E-state index contributed by atoms with van der Waals surface area (Å²) in [6.07, 6.45) is 2.57. The normalized spacial score (nSPS) is 10.6. The zero-order valence-electron chi connectivity index (χ0n) is 8.68. The van der Waals surface area contributed by atoms with Gasteiger partial charge in [0.1, 0.15) is 0 Å². The highest BCUT2D eigenvalue weighted by molar-refractivity contribution is 9.10. The van der Waals surface area contributed by atoms with Crippen LogP contribution in [0.25, 0.3) is 0 Å². The van der Waals surface area contributed by atoms with Gasteiger partial charge in [0.2, 0.25) is 5.89 Å². The standard InChI is InChI=1S/C10H10BrN3OS/c1-2-8-13-9(15-14-8)6-16-10-4-3-7(11)5-12-10/h3-5H,2,6H2,1H3. The number of hydrogen-bond donors (Lipinski definition) is 0. The number of rotatable bonds is 4. The Morgan fingerprint density at radius 1 is 1.44 bits per heavy atom. The summed E-state index contributed by atoms with van der Waals surface area (Å²) in [4.78, 5) is 8.47. The van der Waals surface area contributed by atoms with Gasteiger partial charge in [-0.25, -0.2) is 4.98 Å². The number of halogens is 1. The molecular weight excluding hydrogens is 290 g/mol. The lowest BCUT2D eigenvalue weighted by atomic mass is 10.5. The number of thioether (sulfide) groups is 1. The Labute approximate surface area is 106 Å². The molecule has 0 atom stereocenters. The van der Waals surface area contributed by atoms with E-state index in [1.165, 1.54) is 0 Å². The highest BCUT2D eigenvalue weighted by Gasteiger charge is 2.05. The number of nitrogens with zero attached hydrogens (tertiary/aromatic N) is 3. The van der Waals surface area contributed by atoms with Crippen LogP contribution < -0.4 is 0 Å². The Morgan fingerprint density at radius 2 is 2.31 bits per heavy atom. The molecule has 2 rings (SSSR count). The van der Waals surface area contributed by atoms with Crippen molar-refractivity contribution in [1.82, 2.24) is 15.1 Å². The Morgan fingerprint density at radius 3 is 2.94 bits per heavy atom. The van der Waals surface area contributed by atoms with Crippen molar-refractivity contribution in [3.63, 3.8) is 0 Å². The van der Waals surface area contributed by atoms with Crippen LogP contribution in [0.3, 0.4) is 0 Å². The van der Waals surface area contributed by atoms with Crippen LogP contribution >= 0.6 is 27.7 Å². The maximum absolute atomic E-state index is 5.08. The highest BCUT2D eigenvalue weighted by atomic mass is 79.9. The summed E-state index contributed by atoms with van der Waals surface area (Å²) < 4.78 is 6.06. The van der Waals surface area contributed by atoms with Crippen molar-refractivity contribution in [3.8, 4) is 0 Å². The minimum Gasteiger partial charge on any atom is -0.338 e. The van der Waals surface area contributed by atoms with Crippen LogP contribution in [-0.2, 0) is 12.2 Å². The van der Waals surface area contributed by atoms with Gasteiger partial charge >= 0.3 is 0 Å². The van der Waals surface area contributed by atoms with Gasteiger partial charge in [0.25, 0.3) is 0 Å². The van der Waals surface area contributed by atoms with Crippen molar-refractivity contribution >= 4 is 27.7 Å². The zero-order valence-corrected chi connectivity index (χ0v) is 11.1. The highest BCUT2D eigenvalue weighted by Crippen LogP contribution is 2.21. The second kappa shape index (κ2) is 5.45. The molecular formula is C10H10BrN3OS. The predicted octanol–water partition coefficient (Wildman–Crippen LogP) is 3.08. The van der Waals surface area contributed by atoms with Crippen LogP contribution in [-0.4, -0.2) is 15.1 Å². The molecule has 0 radical (unpaired) electrons. The largest absolute Gasteiger partial charge is 0.338 e. The third kappa shape index (κ3) is 3.05. The first kappa shape index (κ1) is 11.6. The van der Waals surface area contributed by atoms with E-state index in [1.807, 2.05) is 19.1 Å². The molecule has 0 N–H and O–H groups in total. The Bertz CT molecular complexity index is 457. The average Bonchev–Trinajstić information content (AvgIpc) is 2.76. The van der Waals surface area contributed by atoms with Gasteiger partial charge in [-0.3, -0.25) is 0 Å². The van der Waals surface area contributed by atoms with Crippen LogP contribution in [0.5, 0.6) is 0 Å². The van der Waals surface area contributed by atoms with Crippen LogP contribution in [0.4, 0.5) is 0 Å². The maximum atomic E-state index is 5.08. The maximum Gasteiger partial charge on any atom is 0.237 e. The second-order valence-corrected chi connectivity index (χ2v) is 4.97. The van der Waals surface area contributed by atoms with Crippen molar-refractivity contribution in [2.45, 2.75) is 24.1 Å². The van der Waals surface area contributed by atoms with E-state index in [1.54, 1.807) is 18.0 Å². The van der Waals surface area contributed by atoms with E-state index in [0.29, 0.717) is 11.6 Å². The SMILES string of the molecule is CCc1noc(CSc2ccc(Br)cn2)n1. The average molecular weight is 300 g/mol. The molecule has 2 aromatic rings. The third-order valence-electron chi connectivity index (χ3n) is 1.87. The first-order chi connectivity index (χ1) is 7.78. The minimum absolute atomic E-state index is 0.645. The summed E-state index contributed by atoms with van der Waals surface area (Å²) in [5.41, 5.74) is 0. The monoisotopic (exact) mass is 299 g/mol. The smallest absolute Gasteiger partial charge is 0.237 e. The van der Waals surface area contributed by atoms with Gasteiger partial charge in [-0.1, -0.05) is 23.8 Å². The van der Waals surface area contributed by atoms with Crippen molar-refractivity contribution in [2.24, 2.45) is 0 Å². The summed E-state index contributed by atoms with van der Waals surface area (Å²) in [5, 5.41) is 4.78. The van der Waals surface area contributed by atoms with Crippen molar-refractivity contribution < 1.29 is 4.52 Å². The van der Waals surface area contributed by atoms with Crippen LogP contribution in [0, 0.1) is 0 Å². The Kier molecular flexibility index (Phi) is 3.95. The second-order valence-electron chi connectivity index (χ2n) is 3.06. The molecule has 4 nitrogen and oxygen atoms in total. The Balaban J connectivity index is 1.94. The summed E-state index contributed by atoms with van der Waals surface area (Å²) >= 11 is 4.92. The molecule has 0 fully saturated rings. The molecule has 6 heteroatoms. The lowest BCUT2D eigenvalue weighted by Crippen LogP contribution is -1.85. The van der Waals surface area contributed by atoms with E-state index in [9.17, 15) is 0 Å². The summed E-state index contributed by atoms with van der Waals surface area (Å²) in [7, 11) is 0. The number of aryl methyl sites for hydroxylation is 1. The lowest BCUT2D eigenvalue weighted by Gasteiger charge is -1.96. The fraction of sp³-hybridized carbons (Fsp3) is 0.300. The van der Waals surface area contributed by atoms with E-state index >= 15 is 0 Å². The van der Waals surface area contributed by atoms with Crippen LogP contribution in [0.15, 0.2) is 32.4 Å². The third-order valence-corrected chi connectivity index (χ3v) is 3.27. The van der Waals surface area contributed by atoms with E-state index in [4.69, 9.17) is 4.52 Å². The molecule has 0 aliphatic heterocycles. The topological polar surface area (TPSA) is 51.8 Å². The van der Waals surface area contributed by atoms with E-state index in [-0.39, 0.29) is 0 Å². The van der Waals surface area contributed by atoms with Gasteiger partial charge in [0.15, 0.2) is 5.82 Å². The molecule has 0 saturated carbocycles. The molecule has 0 spiro atoms. The molecule has 0 unspecified atom stereocenters. The fourth-order valence-electron chi connectivity index (χ4n) is 1.08. The van der Waals surface area contributed by atoms with Gasteiger partial charge in [-0.15, -0.1) is 0 Å². The molecule has 0 aromatic carbocycles. The van der Waals surface area contributed by atoms with Gasteiger partial charge in [-0.05, 0) is 28.1 Å². The Hall–Kier alpha value is -0.880. The molecule has 0 aliphatic carbocycles. The summed E-state index contributed by atoms with van der Waals surface area (Å²) in [6.45, 7) is 2.00. The molecule has 0 amide bonds. The minimum atomic E-state index is 0.645. The van der Waals surface area contributed by atoms with Crippen molar-refractivity contribution in [3.05, 3.63) is 34.5 Å². The first-order valence-electron chi connectivity index (χ1n) is 4.83. The number of hydrogen-bond acceptors (Lipinski definition) is 5. The van der Waals surface area contributed by atoms with E-state index in [2.05, 4.69) is 31.1 Å². The summed E-state index contributed by atoms with van der Waals surface area (Å²) in [5.74, 6) is 2.05. The number of aromatic nitrogens is 3. The molecule has 2 heterocycles. The predicted molar refractivity (Wildman–Crippen MR) is 65.2 cm³/mol. The van der Waals surface area contributed by atoms with Crippen LogP contribution in [0.2, 0.25) is 0 Å². The van der Waals surface area contributed by atoms with Crippen LogP contribution in [0.1, 0.15) is 18.6 Å². The molecule has 0 saturated heterocycles. The van der Waals surface area contributed by atoms with E-state index in [0.717, 1.165) is 21.7 Å². The van der Waals surface area contributed by atoms with Gasteiger partial charge in [0.05, 0.1) is 10.8 Å². The molecule has 2 aromatic heterocycles. The van der Waals surface area contributed by atoms with Crippen molar-refractivity contribution in [1.29, 1.82) is 0 Å². The van der Waals surface area contributed by atoms with Gasteiger partial charge < -0.3 is 4.52 Å². The van der Waals surface area contributed by atoms with Gasteiger partial charge in [0, 0.05) is 17.1 Å². The quantitative estimate of drug-likeness (QED) is 0.812. The van der Waals surface area contributed by atoms with E-state index < -0.39 is 0 Å². The van der Waals surface area contributed by atoms with Gasteiger partial charge in [-0.2, -0.15) is 4.98 Å². The van der Waals surface area contributed by atoms with Crippen molar-refractivity contribution in [2.75, 3.05) is 0 Å². The first-order valence-corrected chi connectivity index (χ1v) is 6.61. The molecule has 0 bridgehead atoms. The molecule has 16 heavy (non-hydrogen) atoms. The molecule has 0 aliphatic rings. The fourth-order valence-corrected chi connectivity index (χ4v) is 1.99. The lowest BCUT2D eigenvalue weighted by molar-refractivity contribution is 0.385. The molecule has 84 valence electrons. The summed E-state index contributed by atoms with van der Waals surface area (Å²) in [6, 6.07) is 3.91.